The van der Waals surface area contributed by atoms with E-state index in [2.05, 4.69) is 12.0 Å². The Kier molecular flexibility index (Phi) is 3.59. The normalized spacial score (nSPS) is 16.8. The number of nitrogens with one attached hydrogen (secondary N) is 1. The van der Waals surface area contributed by atoms with Gasteiger partial charge < -0.3 is 4.74 Å². The van der Waals surface area contributed by atoms with Gasteiger partial charge in [-0.25, -0.2) is 0 Å². The van der Waals surface area contributed by atoms with Crippen molar-refractivity contribution in [2.75, 3.05) is 0 Å². The summed E-state index contributed by atoms with van der Waals surface area (Å²) < 4.78 is 5.74. The predicted octanol–water partition coefficient (Wildman–Crippen LogP) is 2.31. The van der Waals surface area contributed by atoms with Crippen molar-refractivity contribution in [2.45, 2.75) is 31.4 Å². The number of nitrogens with two attached hydrogens (primary N) is 1. The molecule has 1 atom stereocenters. The van der Waals surface area contributed by atoms with Gasteiger partial charge in [-0.15, -0.1) is 6.58 Å². The topological polar surface area (TPSA) is 47.3 Å². The van der Waals surface area contributed by atoms with E-state index in [-0.39, 0.29) is 6.04 Å². The van der Waals surface area contributed by atoms with Crippen molar-refractivity contribution in [1.29, 1.82) is 0 Å². The lowest BCUT2D eigenvalue weighted by atomic mass is 10.0. The SMILES string of the molecule is C=CCC(NN)c1cccc(OC2CC2)c1. The number of hydrogen-bond donors (Lipinski definition) is 2. The van der Waals surface area contributed by atoms with Crippen molar-refractivity contribution < 1.29 is 4.74 Å². The van der Waals surface area contributed by atoms with Crippen LogP contribution in [0.1, 0.15) is 30.9 Å². The minimum atomic E-state index is 0.111. The summed E-state index contributed by atoms with van der Waals surface area (Å²) in [6.07, 6.45) is 5.45. The predicted molar refractivity (Wildman–Crippen MR) is 65.0 cm³/mol. The first-order chi connectivity index (χ1) is 7.83. The van der Waals surface area contributed by atoms with Gasteiger partial charge >= 0.3 is 0 Å². The molecule has 0 bridgehead atoms. The second kappa shape index (κ2) is 5.14. The van der Waals surface area contributed by atoms with Crippen LogP contribution in [0.15, 0.2) is 36.9 Å². The zero-order valence-electron chi connectivity index (χ0n) is 9.36. The summed E-state index contributed by atoms with van der Waals surface area (Å²) in [5.74, 6) is 6.45. The van der Waals surface area contributed by atoms with Crippen LogP contribution in [0.2, 0.25) is 0 Å². The maximum Gasteiger partial charge on any atom is 0.120 e. The Morgan fingerprint density at radius 2 is 2.38 bits per heavy atom. The van der Waals surface area contributed by atoms with E-state index in [1.54, 1.807) is 0 Å². The molecule has 16 heavy (non-hydrogen) atoms. The largest absolute Gasteiger partial charge is 0.490 e. The van der Waals surface area contributed by atoms with Gasteiger partial charge in [-0.2, -0.15) is 0 Å². The Balaban J connectivity index is 2.09. The zero-order valence-corrected chi connectivity index (χ0v) is 9.36. The highest BCUT2D eigenvalue weighted by atomic mass is 16.5. The fourth-order valence-electron chi connectivity index (χ4n) is 1.65. The van der Waals surface area contributed by atoms with E-state index in [1.807, 2.05) is 30.3 Å². The lowest BCUT2D eigenvalue weighted by molar-refractivity contribution is 0.302. The van der Waals surface area contributed by atoms with Gasteiger partial charge in [-0.05, 0) is 37.0 Å². The van der Waals surface area contributed by atoms with Crippen LogP contribution < -0.4 is 16.0 Å². The number of ether oxygens (including phenoxy) is 1. The van der Waals surface area contributed by atoms with E-state index in [9.17, 15) is 0 Å². The van der Waals surface area contributed by atoms with E-state index in [4.69, 9.17) is 10.6 Å². The third-order valence-corrected chi connectivity index (χ3v) is 2.69. The van der Waals surface area contributed by atoms with Gasteiger partial charge in [0.1, 0.15) is 5.75 Å². The number of hydrazine groups is 1. The van der Waals surface area contributed by atoms with Crippen LogP contribution in [0.25, 0.3) is 0 Å². The van der Waals surface area contributed by atoms with Gasteiger partial charge in [-0.1, -0.05) is 18.2 Å². The Hall–Kier alpha value is -1.32. The quantitative estimate of drug-likeness (QED) is 0.437. The van der Waals surface area contributed by atoms with E-state index < -0.39 is 0 Å². The molecule has 1 unspecified atom stereocenters. The molecule has 1 aliphatic carbocycles. The van der Waals surface area contributed by atoms with E-state index in [1.165, 1.54) is 12.8 Å². The van der Waals surface area contributed by atoms with Gasteiger partial charge in [0.25, 0.3) is 0 Å². The summed E-state index contributed by atoms with van der Waals surface area (Å²) >= 11 is 0. The van der Waals surface area contributed by atoms with E-state index in [0.29, 0.717) is 6.10 Å². The molecule has 0 saturated heterocycles. The lowest BCUT2D eigenvalue weighted by Gasteiger charge is -2.15. The van der Waals surface area contributed by atoms with Crippen LogP contribution in [0.4, 0.5) is 0 Å². The van der Waals surface area contributed by atoms with Crippen molar-refractivity contribution >= 4 is 0 Å². The monoisotopic (exact) mass is 218 g/mol. The summed E-state index contributed by atoms with van der Waals surface area (Å²) in [7, 11) is 0. The molecular weight excluding hydrogens is 200 g/mol. The third-order valence-electron chi connectivity index (χ3n) is 2.69. The van der Waals surface area contributed by atoms with Gasteiger partial charge in [0, 0.05) is 6.04 Å². The van der Waals surface area contributed by atoms with Gasteiger partial charge in [0.15, 0.2) is 0 Å². The summed E-state index contributed by atoms with van der Waals surface area (Å²) in [6, 6.07) is 8.20. The van der Waals surface area contributed by atoms with Crippen LogP contribution in [0.3, 0.4) is 0 Å². The molecule has 0 aliphatic heterocycles. The second-order valence-electron chi connectivity index (χ2n) is 4.13. The van der Waals surface area contributed by atoms with E-state index >= 15 is 0 Å². The number of hydrogen-bond acceptors (Lipinski definition) is 3. The Morgan fingerprint density at radius 3 is 3.00 bits per heavy atom. The number of rotatable bonds is 6. The molecule has 0 amide bonds. The summed E-state index contributed by atoms with van der Waals surface area (Å²) in [4.78, 5) is 0. The molecule has 0 spiro atoms. The summed E-state index contributed by atoms with van der Waals surface area (Å²) in [5.41, 5.74) is 3.93. The maximum atomic E-state index is 5.74. The Bertz CT molecular complexity index is 361. The van der Waals surface area contributed by atoms with Gasteiger partial charge in [0.2, 0.25) is 0 Å². The highest BCUT2D eigenvalue weighted by Gasteiger charge is 2.23. The van der Waals surface area contributed by atoms with Crippen molar-refractivity contribution in [2.24, 2.45) is 5.84 Å². The standard InChI is InChI=1S/C13H18N2O/c1-2-4-13(15-14)10-5-3-6-12(9-10)16-11-7-8-11/h2-3,5-6,9,11,13,15H,1,4,7-8,14H2. The zero-order chi connectivity index (χ0) is 11.4. The van der Waals surface area contributed by atoms with Crippen LogP contribution in [0, 0.1) is 0 Å². The molecule has 3 nitrogen and oxygen atoms in total. The Morgan fingerprint density at radius 1 is 1.56 bits per heavy atom. The lowest BCUT2D eigenvalue weighted by Crippen LogP contribution is -2.27. The molecule has 2 rings (SSSR count). The molecular formula is C13H18N2O. The van der Waals surface area contributed by atoms with Crippen molar-refractivity contribution in [1.82, 2.24) is 5.43 Å². The molecule has 0 radical (unpaired) electrons. The Labute approximate surface area is 96.3 Å². The van der Waals surface area contributed by atoms with Crippen LogP contribution >= 0.6 is 0 Å². The van der Waals surface area contributed by atoms with Crippen LogP contribution in [0.5, 0.6) is 5.75 Å². The average molecular weight is 218 g/mol. The minimum Gasteiger partial charge on any atom is -0.490 e. The maximum absolute atomic E-state index is 5.74. The number of benzene rings is 1. The molecule has 3 heteroatoms. The van der Waals surface area contributed by atoms with Crippen LogP contribution in [-0.2, 0) is 0 Å². The molecule has 1 fully saturated rings. The average Bonchev–Trinajstić information content (AvgIpc) is 3.10. The highest BCUT2D eigenvalue weighted by Crippen LogP contribution is 2.28. The van der Waals surface area contributed by atoms with Gasteiger partial charge in [-0.3, -0.25) is 11.3 Å². The molecule has 1 saturated carbocycles. The molecule has 1 aromatic rings. The third kappa shape index (κ3) is 2.84. The van der Waals surface area contributed by atoms with Crippen molar-refractivity contribution in [3.05, 3.63) is 42.5 Å². The smallest absolute Gasteiger partial charge is 0.120 e. The second-order valence-corrected chi connectivity index (χ2v) is 4.13. The summed E-state index contributed by atoms with van der Waals surface area (Å²) in [6.45, 7) is 3.73. The highest BCUT2D eigenvalue weighted by molar-refractivity contribution is 5.31. The molecule has 3 N–H and O–H groups in total. The minimum absolute atomic E-state index is 0.111. The fraction of sp³-hybridized carbons (Fsp3) is 0.385. The van der Waals surface area contributed by atoms with Crippen molar-refractivity contribution in [3.8, 4) is 5.75 Å². The molecule has 1 aromatic carbocycles. The van der Waals surface area contributed by atoms with Crippen molar-refractivity contribution in [3.63, 3.8) is 0 Å². The first-order valence-corrected chi connectivity index (χ1v) is 5.67. The first-order valence-electron chi connectivity index (χ1n) is 5.67. The molecule has 0 aromatic heterocycles. The fourth-order valence-corrected chi connectivity index (χ4v) is 1.65. The first kappa shape index (κ1) is 11.2. The molecule has 1 aliphatic rings. The molecule has 0 heterocycles. The van der Waals surface area contributed by atoms with E-state index in [0.717, 1.165) is 17.7 Å². The van der Waals surface area contributed by atoms with Crippen LogP contribution in [-0.4, -0.2) is 6.10 Å². The van der Waals surface area contributed by atoms with Gasteiger partial charge in [0.05, 0.1) is 6.10 Å². The summed E-state index contributed by atoms with van der Waals surface area (Å²) in [5, 5.41) is 0. The molecule has 86 valence electrons.